The van der Waals surface area contributed by atoms with Crippen molar-refractivity contribution in [2.75, 3.05) is 7.11 Å². The van der Waals surface area contributed by atoms with Crippen LogP contribution in [0.25, 0.3) is 0 Å². The van der Waals surface area contributed by atoms with Crippen LogP contribution in [0.1, 0.15) is 30.3 Å². The van der Waals surface area contributed by atoms with E-state index in [4.69, 9.17) is 4.74 Å². The number of pyridine rings is 1. The first-order chi connectivity index (χ1) is 10.1. The molecule has 0 aliphatic carbocycles. The molecule has 1 aromatic carbocycles. The first-order valence-electron chi connectivity index (χ1n) is 6.62. The number of carbonyl (C=O) groups excluding carboxylic acids is 1. The van der Waals surface area contributed by atoms with Gasteiger partial charge in [0.25, 0.3) is 0 Å². The standard InChI is InChI=1S/C16H17FN2O2/c1-11(14-9-8-13(17)10-18-14)19-15(16(20)21-2)12-6-4-3-5-7-12/h3-11,15,19H,1-2H3. The number of ether oxygens (including phenoxy) is 1. The summed E-state index contributed by atoms with van der Waals surface area (Å²) in [4.78, 5) is 16.0. The third-order valence-electron chi connectivity index (χ3n) is 3.18. The average Bonchev–Trinajstić information content (AvgIpc) is 2.53. The van der Waals surface area contributed by atoms with Gasteiger partial charge in [-0.05, 0) is 24.6 Å². The number of aromatic nitrogens is 1. The largest absolute Gasteiger partial charge is 0.468 e. The first-order valence-corrected chi connectivity index (χ1v) is 6.62. The molecule has 110 valence electrons. The Bertz CT molecular complexity index is 587. The third-order valence-corrected chi connectivity index (χ3v) is 3.18. The van der Waals surface area contributed by atoms with E-state index in [-0.39, 0.29) is 12.0 Å². The number of hydrogen-bond acceptors (Lipinski definition) is 4. The van der Waals surface area contributed by atoms with Crippen molar-refractivity contribution in [3.8, 4) is 0 Å². The number of benzene rings is 1. The van der Waals surface area contributed by atoms with Gasteiger partial charge in [-0.2, -0.15) is 0 Å². The molecule has 0 spiro atoms. The second-order valence-electron chi connectivity index (χ2n) is 4.66. The van der Waals surface area contributed by atoms with Gasteiger partial charge in [0.1, 0.15) is 11.9 Å². The summed E-state index contributed by atoms with van der Waals surface area (Å²) in [6.45, 7) is 1.86. The van der Waals surface area contributed by atoms with Crippen LogP contribution in [0.15, 0.2) is 48.7 Å². The molecule has 0 saturated heterocycles. The Morgan fingerprint density at radius 2 is 1.95 bits per heavy atom. The number of nitrogens with one attached hydrogen (secondary N) is 1. The molecule has 1 N–H and O–H groups in total. The van der Waals surface area contributed by atoms with Gasteiger partial charge in [0.15, 0.2) is 0 Å². The van der Waals surface area contributed by atoms with E-state index in [0.29, 0.717) is 5.69 Å². The monoisotopic (exact) mass is 288 g/mol. The zero-order valence-corrected chi connectivity index (χ0v) is 11.9. The minimum absolute atomic E-state index is 0.227. The van der Waals surface area contributed by atoms with Crippen LogP contribution in [0.3, 0.4) is 0 Å². The molecule has 0 fully saturated rings. The highest BCUT2D eigenvalue weighted by atomic mass is 19.1. The number of methoxy groups -OCH3 is 1. The second-order valence-corrected chi connectivity index (χ2v) is 4.66. The number of halogens is 1. The molecule has 1 aromatic heterocycles. The topological polar surface area (TPSA) is 51.2 Å². The molecule has 0 bridgehead atoms. The predicted molar refractivity (Wildman–Crippen MR) is 76.9 cm³/mol. The fourth-order valence-electron chi connectivity index (χ4n) is 2.04. The van der Waals surface area contributed by atoms with Crippen LogP contribution >= 0.6 is 0 Å². The summed E-state index contributed by atoms with van der Waals surface area (Å²) in [6, 6.07) is 11.4. The highest BCUT2D eigenvalue weighted by Gasteiger charge is 2.23. The molecule has 0 saturated carbocycles. The number of rotatable bonds is 5. The van der Waals surface area contributed by atoms with Crippen molar-refractivity contribution in [1.82, 2.24) is 10.3 Å². The minimum atomic E-state index is -0.599. The lowest BCUT2D eigenvalue weighted by Gasteiger charge is -2.21. The van der Waals surface area contributed by atoms with Crippen molar-refractivity contribution in [2.24, 2.45) is 0 Å². The van der Waals surface area contributed by atoms with Crippen molar-refractivity contribution >= 4 is 5.97 Å². The van der Waals surface area contributed by atoms with Crippen LogP contribution in [0.4, 0.5) is 4.39 Å². The fourth-order valence-corrected chi connectivity index (χ4v) is 2.04. The highest BCUT2D eigenvalue weighted by molar-refractivity contribution is 5.77. The number of nitrogens with zero attached hydrogens (tertiary/aromatic N) is 1. The summed E-state index contributed by atoms with van der Waals surface area (Å²) in [5, 5.41) is 3.16. The zero-order valence-electron chi connectivity index (χ0n) is 11.9. The van der Waals surface area contributed by atoms with E-state index in [2.05, 4.69) is 10.3 Å². The van der Waals surface area contributed by atoms with Crippen molar-refractivity contribution in [3.05, 3.63) is 65.7 Å². The fraction of sp³-hybridized carbons (Fsp3) is 0.250. The quantitative estimate of drug-likeness (QED) is 0.860. The van der Waals surface area contributed by atoms with Crippen molar-refractivity contribution < 1.29 is 13.9 Å². The lowest BCUT2D eigenvalue weighted by atomic mass is 10.1. The van der Waals surface area contributed by atoms with Crippen LogP contribution in [0.5, 0.6) is 0 Å². The van der Waals surface area contributed by atoms with E-state index in [1.165, 1.54) is 13.2 Å². The Balaban J connectivity index is 2.19. The first kappa shape index (κ1) is 15.1. The van der Waals surface area contributed by atoms with Crippen molar-refractivity contribution in [1.29, 1.82) is 0 Å². The number of esters is 1. The van der Waals surface area contributed by atoms with E-state index in [1.807, 2.05) is 37.3 Å². The van der Waals surface area contributed by atoms with E-state index in [0.717, 1.165) is 11.8 Å². The Hall–Kier alpha value is -2.27. The summed E-state index contributed by atoms with van der Waals surface area (Å²) in [6.07, 6.45) is 1.16. The molecular weight excluding hydrogens is 271 g/mol. The van der Waals surface area contributed by atoms with Gasteiger partial charge in [0.05, 0.1) is 19.0 Å². The molecule has 1 heterocycles. The highest BCUT2D eigenvalue weighted by Crippen LogP contribution is 2.19. The molecule has 2 unspecified atom stereocenters. The summed E-state index contributed by atoms with van der Waals surface area (Å²) in [5.41, 5.74) is 1.46. The molecule has 0 aliphatic heterocycles. The molecule has 2 aromatic rings. The van der Waals surface area contributed by atoms with Gasteiger partial charge in [-0.15, -0.1) is 0 Å². The Morgan fingerprint density at radius 3 is 2.52 bits per heavy atom. The van der Waals surface area contributed by atoms with E-state index < -0.39 is 11.9 Å². The Labute approximate surface area is 123 Å². The maximum Gasteiger partial charge on any atom is 0.327 e. The molecule has 0 amide bonds. The van der Waals surface area contributed by atoms with Gasteiger partial charge < -0.3 is 4.74 Å². The zero-order chi connectivity index (χ0) is 15.2. The summed E-state index contributed by atoms with van der Waals surface area (Å²) >= 11 is 0. The molecule has 2 atom stereocenters. The van der Waals surface area contributed by atoms with Gasteiger partial charge in [0, 0.05) is 6.04 Å². The Kier molecular flexibility index (Phi) is 5.00. The lowest BCUT2D eigenvalue weighted by molar-refractivity contribution is -0.143. The van der Waals surface area contributed by atoms with Crippen molar-refractivity contribution in [2.45, 2.75) is 19.0 Å². The number of hydrogen-bond donors (Lipinski definition) is 1. The van der Waals surface area contributed by atoms with Crippen LogP contribution in [-0.2, 0) is 9.53 Å². The van der Waals surface area contributed by atoms with Gasteiger partial charge in [0.2, 0.25) is 0 Å². The maximum atomic E-state index is 12.9. The molecule has 0 aliphatic rings. The van der Waals surface area contributed by atoms with Crippen LogP contribution in [0.2, 0.25) is 0 Å². The molecule has 4 nitrogen and oxygen atoms in total. The normalized spacial score (nSPS) is 13.5. The molecule has 5 heteroatoms. The van der Waals surface area contributed by atoms with Crippen LogP contribution in [-0.4, -0.2) is 18.1 Å². The summed E-state index contributed by atoms with van der Waals surface area (Å²) in [5.74, 6) is -0.770. The van der Waals surface area contributed by atoms with Gasteiger partial charge >= 0.3 is 5.97 Å². The van der Waals surface area contributed by atoms with Crippen LogP contribution < -0.4 is 5.32 Å². The van der Waals surface area contributed by atoms with Crippen molar-refractivity contribution in [3.63, 3.8) is 0 Å². The lowest BCUT2D eigenvalue weighted by Crippen LogP contribution is -2.32. The molecule has 21 heavy (non-hydrogen) atoms. The third kappa shape index (κ3) is 3.86. The average molecular weight is 288 g/mol. The van der Waals surface area contributed by atoms with Crippen LogP contribution in [0, 0.1) is 5.82 Å². The minimum Gasteiger partial charge on any atom is -0.468 e. The summed E-state index contributed by atoms with van der Waals surface area (Å²) < 4.78 is 17.7. The van der Waals surface area contributed by atoms with E-state index in [1.54, 1.807) is 6.07 Å². The van der Waals surface area contributed by atoms with Gasteiger partial charge in [-0.1, -0.05) is 30.3 Å². The van der Waals surface area contributed by atoms with E-state index in [9.17, 15) is 9.18 Å². The number of carbonyl (C=O) groups is 1. The second kappa shape index (κ2) is 6.95. The van der Waals surface area contributed by atoms with E-state index >= 15 is 0 Å². The SMILES string of the molecule is COC(=O)C(NC(C)c1ccc(F)cn1)c1ccccc1. The maximum absolute atomic E-state index is 12.9. The van der Waals surface area contributed by atoms with Gasteiger partial charge in [-0.25, -0.2) is 9.18 Å². The molecular formula is C16H17FN2O2. The Morgan fingerprint density at radius 1 is 1.24 bits per heavy atom. The molecule has 0 radical (unpaired) electrons. The summed E-state index contributed by atoms with van der Waals surface area (Å²) in [7, 11) is 1.35. The smallest absolute Gasteiger partial charge is 0.327 e. The van der Waals surface area contributed by atoms with Gasteiger partial charge in [-0.3, -0.25) is 10.3 Å². The molecule has 2 rings (SSSR count). The predicted octanol–water partition coefficient (Wildman–Crippen LogP) is 2.79.